The quantitative estimate of drug-likeness (QED) is 0.392. The summed E-state index contributed by atoms with van der Waals surface area (Å²) in [5, 5.41) is 13.4. The number of nitriles is 1. The Kier molecular flexibility index (Phi) is 5.88. The molecule has 0 bridgehead atoms. The number of hydrogen-bond donors (Lipinski definition) is 1. The molecule has 0 aliphatic heterocycles. The van der Waals surface area contributed by atoms with Crippen molar-refractivity contribution in [2.75, 3.05) is 5.32 Å². The normalized spacial score (nSPS) is 11.1. The summed E-state index contributed by atoms with van der Waals surface area (Å²) < 4.78 is 5.69. The first kappa shape index (κ1) is 19.1. The van der Waals surface area contributed by atoms with Gasteiger partial charge in [-0.3, -0.25) is 4.79 Å². The zero-order valence-electron chi connectivity index (χ0n) is 13.7. The van der Waals surface area contributed by atoms with Gasteiger partial charge in [0.05, 0.1) is 5.02 Å². The lowest BCUT2D eigenvalue weighted by molar-refractivity contribution is -0.112. The third-order valence-corrected chi connectivity index (χ3v) is 4.38. The fraction of sp³-hybridized carbons (Fsp3) is 0. The van der Waals surface area contributed by atoms with Crippen LogP contribution in [-0.4, -0.2) is 5.91 Å². The Hall–Kier alpha value is -2.71. The van der Waals surface area contributed by atoms with Crippen LogP contribution in [0.1, 0.15) is 5.76 Å². The Bertz CT molecular complexity index is 1060. The van der Waals surface area contributed by atoms with Crippen LogP contribution in [0.2, 0.25) is 15.1 Å². The first-order valence-corrected chi connectivity index (χ1v) is 8.83. The van der Waals surface area contributed by atoms with Gasteiger partial charge in [-0.1, -0.05) is 34.8 Å². The van der Waals surface area contributed by atoms with Crippen LogP contribution < -0.4 is 5.32 Å². The van der Waals surface area contributed by atoms with E-state index < -0.39 is 5.91 Å². The van der Waals surface area contributed by atoms with Crippen LogP contribution in [0, 0.1) is 11.3 Å². The maximum atomic E-state index is 12.3. The number of carbonyl (C=O) groups is 1. The van der Waals surface area contributed by atoms with Gasteiger partial charge in [0.25, 0.3) is 5.91 Å². The van der Waals surface area contributed by atoms with Gasteiger partial charge in [0.1, 0.15) is 23.2 Å². The van der Waals surface area contributed by atoms with Gasteiger partial charge in [-0.2, -0.15) is 5.26 Å². The first-order chi connectivity index (χ1) is 13.0. The summed E-state index contributed by atoms with van der Waals surface area (Å²) >= 11 is 17.9. The Morgan fingerprint density at radius 2 is 1.70 bits per heavy atom. The molecule has 0 fully saturated rings. The van der Waals surface area contributed by atoms with Crippen LogP contribution in [0.3, 0.4) is 0 Å². The number of rotatable bonds is 4. The van der Waals surface area contributed by atoms with Gasteiger partial charge in [-0.25, -0.2) is 0 Å². The largest absolute Gasteiger partial charge is 0.457 e. The molecule has 0 saturated heterocycles. The number of furan rings is 1. The Balaban J connectivity index is 1.82. The van der Waals surface area contributed by atoms with E-state index in [2.05, 4.69) is 5.32 Å². The smallest absolute Gasteiger partial charge is 0.266 e. The fourth-order valence-electron chi connectivity index (χ4n) is 2.29. The topological polar surface area (TPSA) is 66.0 Å². The van der Waals surface area contributed by atoms with Crippen molar-refractivity contribution >= 4 is 52.5 Å². The molecule has 1 aromatic heterocycles. The van der Waals surface area contributed by atoms with Gasteiger partial charge in [-0.05, 0) is 54.6 Å². The molecule has 0 aliphatic carbocycles. The van der Waals surface area contributed by atoms with E-state index in [-0.39, 0.29) is 5.57 Å². The summed E-state index contributed by atoms with van der Waals surface area (Å²) in [7, 11) is 0. The second-order valence-corrected chi connectivity index (χ2v) is 6.74. The average Bonchev–Trinajstić information content (AvgIpc) is 3.09. The highest BCUT2D eigenvalue weighted by atomic mass is 35.5. The van der Waals surface area contributed by atoms with E-state index >= 15 is 0 Å². The van der Waals surface area contributed by atoms with E-state index in [1.165, 1.54) is 6.08 Å². The summed E-state index contributed by atoms with van der Waals surface area (Å²) in [6.45, 7) is 0. The van der Waals surface area contributed by atoms with Crippen LogP contribution in [-0.2, 0) is 4.79 Å². The predicted molar refractivity (Wildman–Crippen MR) is 108 cm³/mol. The standard InChI is InChI=1S/C20H11Cl3N2O2/c21-13-1-4-15(5-2-13)25-20(26)12(11-24)9-16-6-8-19(27-16)17-7-3-14(22)10-18(17)23/h1-10H,(H,25,26)/b12-9-. The molecule has 0 aliphatic rings. The van der Waals surface area contributed by atoms with Crippen molar-refractivity contribution in [3.63, 3.8) is 0 Å². The van der Waals surface area contributed by atoms with Crippen LogP contribution in [0.4, 0.5) is 5.69 Å². The zero-order valence-corrected chi connectivity index (χ0v) is 15.9. The van der Waals surface area contributed by atoms with Crippen molar-refractivity contribution in [2.45, 2.75) is 0 Å². The molecule has 3 rings (SSSR count). The number of carbonyl (C=O) groups excluding carboxylic acids is 1. The van der Waals surface area contributed by atoms with Crippen molar-refractivity contribution in [1.82, 2.24) is 0 Å². The number of hydrogen-bond acceptors (Lipinski definition) is 3. The van der Waals surface area contributed by atoms with Crippen molar-refractivity contribution in [3.8, 4) is 17.4 Å². The number of anilines is 1. The van der Waals surface area contributed by atoms with Crippen LogP contribution in [0.5, 0.6) is 0 Å². The van der Waals surface area contributed by atoms with E-state index in [9.17, 15) is 10.1 Å². The highest BCUT2D eigenvalue weighted by Gasteiger charge is 2.13. The molecule has 0 spiro atoms. The number of amides is 1. The van der Waals surface area contributed by atoms with Crippen molar-refractivity contribution in [3.05, 3.63) is 81.0 Å². The molecule has 134 valence electrons. The molecule has 1 heterocycles. The molecule has 27 heavy (non-hydrogen) atoms. The van der Waals surface area contributed by atoms with E-state index in [0.29, 0.717) is 37.8 Å². The second-order valence-electron chi connectivity index (χ2n) is 5.46. The molecule has 7 heteroatoms. The molecule has 0 unspecified atom stereocenters. The monoisotopic (exact) mass is 416 g/mol. The fourth-order valence-corrected chi connectivity index (χ4v) is 2.91. The van der Waals surface area contributed by atoms with Crippen molar-refractivity contribution < 1.29 is 9.21 Å². The van der Waals surface area contributed by atoms with Crippen LogP contribution in [0.15, 0.2) is 64.6 Å². The van der Waals surface area contributed by atoms with Crippen molar-refractivity contribution in [2.24, 2.45) is 0 Å². The Morgan fingerprint density at radius 3 is 2.37 bits per heavy atom. The third kappa shape index (κ3) is 4.72. The van der Waals surface area contributed by atoms with Crippen LogP contribution in [0.25, 0.3) is 17.4 Å². The van der Waals surface area contributed by atoms with Crippen LogP contribution >= 0.6 is 34.8 Å². The molecular formula is C20H11Cl3N2O2. The maximum Gasteiger partial charge on any atom is 0.266 e. The van der Waals surface area contributed by atoms with Gasteiger partial charge >= 0.3 is 0 Å². The molecule has 4 nitrogen and oxygen atoms in total. The number of benzene rings is 2. The van der Waals surface area contributed by atoms with E-state index in [4.69, 9.17) is 39.2 Å². The predicted octanol–water partition coefficient (Wildman–Crippen LogP) is 6.45. The lowest BCUT2D eigenvalue weighted by atomic mass is 10.2. The number of nitrogens with zero attached hydrogens (tertiary/aromatic N) is 1. The molecule has 1 N–H and O–H groups in total. The molecule has 0 atom stereocenters. The lowest BCUT2D eigenvalue weighted by Crippen LogP contribution is -2.13. The van der Waals surface area contributed by atoms with E-state index in [1.54, 1.807) is 54.6 Å². The highest BCUT2D eigenvalue weighted by Crippen LogP contribution is 2.32. The summed E-state index contributed by atoms with van der Waals surface area (Å²) in [5.41, 5.74) is 1.08. The van der Waals surface area contributed by atoms with Gasteiger partial charge in [0.2, 0.25) is 0 Å². The summed E-state index contributed by atoms with van der Waals surface area (Å²) in [5.74, 6) is 0.291. The molecule has 0 saturated carbocycles. The molecule has 3 aromatic rings. The molecule has 2 aromatic carbocycles. The Morgan fingerprint density at radius 1 is 1.00 bits per heavy atom. The van der Waals surface area contributed by atoms with E-state index in [0.717, 1.165) is 0 Å². The third-order valence-electron chi connectivity index (χ3n) is 3.58. The maximum absolute atomic E-state index is 12.3. The van der Waals surface area contributed by atoms with Gasteiger partial charge in [0, 0.05) is 27.4 Å². The summed E-state index contributed by atoms with van der Waals surface area (Å²) in [4.78, 5) is 12.3. The Labute approximate surface area is 170 Å². The molecule has 0 radical (unpaired) electrons. The second kappa shape index (κ2) is 8.32. The van der Waals surface area contributed by atoms with E-state index in [1.807, 2.05) is 6.07 Å². The van der Waals surface area contributed by atoms with Gasteiger partial charge < -0.3 is 9.73 Å². The highest BCUT2D eigenvalue weighted by molar-refractivity contribution is 6.36. The number of halogens is 3. The van der Waals surface area contributed by atoms with Gasteiger partial charge in [-0.15, -0.1) is 0 Å². The first-order valence-electron chi connectivity index (χ1n) is 7.70. The van der Waals surface area contributed by atoms with Crippen molar-refractivity contribution in [1.29, 1.82) is 5.26 Å². The average molecular weight is 418 g/mol. The van der Waals surface area contributed by atoms with Gasteiger partial charge in [0.15, 0.2) is 0 Å². The number of nitrogens with one attached hydrogen (secondary N) is 1. The summed E-state index contributed by atoms with van der Waals surface area (Å²) in [6, 6.07) is 16.8. The summed E-state index contributed by atoms with van der Waals surface area (Å²) in [6.07, 6.45) is 1.36. The minimum Gasteiger partial charge on any atom is -0.457 e. The molecule has 1 amide bonds. The minimum atomic E-state index is -0.553. The lowest BCUT2D eigenvalue weighted by Gasteiger charge is -2.04. The minimum absolute atomic E-state index is 0.104. The SMILES string of the molecule is N#C/C(=C/c1ccc(-c2ccc(Cl)cc2Cl)o1)C(=O)Nc1ccc(Cl)cc1. The molecular weight excluding hydrogens is 407 g/mol. The zero-order chi connectivity index (χ0) is 19.4.